The molecular weight excluding hydrogens is 352 g/mol. The van der Waals surface area contributed by atoms with Crippen LogP contribution in [0.5, 0.6) is 5.75 Å². The minimum absolute atomic E-state index is 0.144. The lowest BCUT2D eigenvalue weighted by molar-refractivity contribution is -0.123. The zero-order chi connectivity index (χ0) is 19.6. The number of amides is 1. The highest BCUT2D eigenvalue weighted by molar-refractivity contribution is 5.94. The molecule has 0 unspecified atom stereocenters. The van der Waals surface area contributed by atoms with E-state index >= 15 is 0 Å². The summed E-state index contributed by atoms with van der Waals surface area (Å²) in [5.41, 5.74) is 2.72. The summed E-state index contributed by atoms with van der Waals surface area (Å²) >= 11 is 0. The summed E-state index contributed by atoms with van der Waals surface area (Å²) in [6.45, 7) is 0.323. The molecule has 142 valence electrons. The lowest BCUT2D eigenvalue weighted by Crippen LogP contribution is -2.33. The summed E-state index contributed by atoms with van der Waals surface area (Å²) in [6, 6.07) is 26.8. The number of hydrogen-bond donors (Lipinski definition) is 0. The van der Waals surface area contributed by atoms with Crippen LogP contribution in [-0.2, 0) is 16.2 Å². The molecule has 0 bridgehead atoms. The lowest BCUT2D eigenvalue weighted by atomic mass is 10.2. The molecule has 0 aliphatic carbocycles. The van der Waals surface area contributed by atoms with Gasteiger partial charge in [-0.2, -0.15) is 0 Å². The molecule has 0 spiro atoms. The molecule has 0 aromatic heterocycles. The number of benzene rings is 3. The Balaban J connectivity index is 1.63. The predicted octanol–water partition coefficient (Wildman–Crippen LogP) is 4.28. The van der Waals surface area contributed by atoms with Crippen LogP contribution in [0.2, 0.25) is 0 Å². The van der Waals surface area contributed by atoms with Crippen molar-refractivity contribution in [2.75, 3.05) is 18.6 Å². The van der Waals surface area contributed by atoms with Crippen molar-refractivity contribution in [2.45, 2.75) is 6.54 Å². The molecule has 5 nitrogen and oxygen atoms in total. The van der Waals surface area contributed by atoms with Gasteiger partial charge in [0.05, 0.1) is 19.9 Å². The molecule has 0 heterocycles. The van der Waals surface area contributed by atoms with Crippen molar-refractivity contribution in [3.8, 4) is 5.75 Å². The van der Waals surface area contributed by atoms with Crippen LogP contribution in [-0.4, -0.2) is 25.8 Å². The molecule has 3 aromatic rings. The van der Waals surface area contributed by atoms with Crippen molar-refractivity contribution < 1.29 is 14.4 Å². The van der Waals surface area contributed by atoms with E-state index in [2.05, 4.69) is 5.16 Å². The van der Waals surface area contributed by atoms with Gasteiger partial charge in [-0.1, -0.05) is 53.7 Å². The van der Waals surface area contributed by atoms with Gasteiger partial charge in [0, 0.05) is 5.69 Å². The lowest BCUT2D eigenvalue weighted by Gasteiger charge is -2.22. The second kappa shape index (κ2) is 9.92. The smallest absolute Gasteiger partial charge is 0.268 e. The van der Waals surface area contributed by atoms with E-state index in [9.17, 15) is 4.79 Å². The molecule has 0 radical (unpaired) electrons. The number of carbonyl (C=O) groups excluding carboxylic acids is 1. The van der Waals surface area contributed by atoms with Gasteiger partial charge in [-0.05, 0) is 47.5 Å². The molecule has 1 amide bonds. The van der Waals surface area contributed by atoms with Crippen molar-refractivity contribution in [1.82, 2.24) is 0 Å². The summed E-state index contributed by atoms with van der Waals surface area (Å²) in [7, 11) is 1.62. The largest absolute Gasteiger partial charge is 0.497 e. The Hall–Kier alpha value is -3.60. The normalized spacial score (nSPS) is 10.6. The number of hydrogen-bond acceptors (Lipinski definition) is 4. The van der Waals surface area contributed by atoms with E-state index in [0.29, 0.717) is 6.54 Å². The minimum Gasteiger partial charge on any atom is -0.497 e. The molecule has 3 rings (SSSR count). The second-order valence-corrected chi connectivity index (χ2v) is 6.08. The third-order valence-electron chi connectivity index (χ3n) is 4.13. The molecule has 0 aliphatic rings. The second-order valence-electron chi connectivity index (χ2n) is 6.08. The topological polar surface area (TPSA) is 51.1 Å². The standard InChI is InChI=1S/C23H22N2O3/c1-27-22-14-12-19(13-15-22)16-24-28-18-23(26)25(21-10-6-3-7-11-21)17-20-8-4-2-5-9-20/h2-16H,17-18H2,1H3. The van der Waals surface area contributed by atoms with Crippen LogP contribution < -0.4 is 9.64 Å². The van der Waals surface area contributed by atoms with Crippen LogP contribution in [0.3, 0.4) is 0 Å². The summed E-state index contributed by atoms with van der Waals surface area (Å²) in [5.74, 6) is 0.606. The number of nitrogens with zero attached hydrogens (tertiary/aromatic N) is 2. The molecule has 0 saturated heterocycles. The van der Waals surface area contributed by atoms with Crippen molar-refractivity contribution in [3.63, 3.8) is 0 Å². The highest BCUT2D eigenvalue weighted by Gasteiger charge is 2.16. The minimum atomic E-state index is -0.165. The van der Waals surface area contributed by atoms with Crippen LogP contribution in [0.25, 0.3) is 0 Å². The number of anilines is 1. The third-order valence-corrected chi connectivity index (χ3v) is 4.13. The Bertz CT molecular complexity index is 894. The van der Waals surface area contributed by atoms with Gasteiger partial charge in [0.25, 0.3) is 5.91 Å². The van der Waals surface area contributed by atoms with Crippen molar-refractivity contribution in [2.24, 2.45) is 5.16 Å². The Morgan fingerprint density at radius 1 is 0.929 bits per heavy atom. The maximum absolute atomic E-state index is 12.8. The summed E-state index contributed by atoms with van der Waals surface area (Å²) < 4.78 is 5.12. The first-order valence-electron chi connectivity index (χ1n) is 8.95. The zero-order valence-electron chi connectivity index (χ0n) is 15.7. The Labute approximate surface area is 164 Å². The average Bonchev–Trinajstić information content (AvgIpc) is 2.76. The summed E-state index contributed by atoms with van der Waals surface area (Å²) in [5, 5.41) is 3.91. The van der Waals surface area contributed by atoms with E-state index in [4.69, 9.17) is 9.57 Å². The van der Waals surface area contributed by atoms with E-state index in [-0.39, 0.29) is 12.5 Å². The van der Waals surface area contributed by atoms with Crippen molar-refractivity contribution >= 4 is 17.8 Å². The van der Waals surface area contributed by atoms with Crippen LogP contribution >= 0.6 is 0 Å². The molecule has 28 heavy (non-hydrogen) atoms. The fraction of sp³-hybridized carbons (Fsp3) is 0.130. The maximum Gasteiger partial charge on any atom is 0.268 e. The summed E-state index contributed by atoms with van der Waals surface area (Å²) in [4.78, 5) is 19.7. The van der Waals surface area contributed by atoms with Gasteiger partial charge in [-0.3, -0.25) is 4.79 Å². The number of oxime groups is 1. The zero-order valence-corrected chi connectivity index (χ0v) is 15.7. The quantitative estimate of drug-likeness (QED) is 0.437. The van der Waals surface area contributed by atoms with E-state index in [1.165, 1.54) is 0 Å². The molecular formula is C23H22N2O3. The van der Waals surface area contributed by atoms with Gasteiger partial charge < -0.3 is 14.5 Å². The Morgan fingerprint density at radius 2 is 1.57 bits per heavy atom. The Morgan fingerprint density at radius 3 is 2.21 bits per heavy atom. The van der Waals surface area contributed by atoms with Crippen LogP contribution in [0.15, 0.2) is 90.1 Å². The number of ether oxygens (including phenoxy) is 1. The fourth-order valence-corrected chi connectivity index (χ4v) is 2.66. The van der Waals surface area contributed by atoms with Crippen LogP contribution in [0.1, 0.15) is 11.1 Å². The number of methoxy groups -OCH3 is 1. The van der Waals surface area contributed by atoms with Crippen molar-refractivity contribution in [3.05, 3.63) is 96.1 Å². The molecule has 0 atom stereocenters. The average molecular weight is 374 g/mol. The van der Waals surface area contributed by atoms with E-state index in [1.54, 1.807) is 18.2 Å². The number of rotatable bonds is 8. The van der Waals surface area contributed by atoms with Gasteiger partial charge in [-0.15, -0.1) is 0 Å². The highest BCUT2D eigenvalue weighted by atomic mass is 16.6. The summed E-state index contributed by atoms with van der Waals surface area (Å²) in [6.07, 6.45) is 1.57. The van der Waals surface area contributed by atoms with E-state index in [0.717, 1.165) is 22.6 Å². The third kappa shape index (κ3) is 5.45. The maximum atomic E-state index is 12.8. The predicted molar refractivity (Wildman–Crippen MR) is 111 cm³/mol. The molecule has 5 heteroatoms. The highest BCUT2D eigenvalue weighted by Crippen LogP contribution is 2.17. The molecule has 0 saturated carbocycles. The first kappa shape index (κ1) is 19.2. The van der Waals surface area contributed by atoms with Gasteiger partial charge >= 0.3 is 0 Å². The first-order chi connectivity index (χ1) is 13.8. The monoisotopic (exact) mass is 374 g/mol. The number of carbonyl (C=O) groups is 1. The Kier molecular flexibility index (Phi) is 6.79. The molecule has 0 aliphatic heterocycles. The number of para-hydroxylation sites is 1. The van der Waals surface area contributed by atoms with Gasteiger partial charge in [0.1, 0.15) is 5.75 Å². The van der Waals surface area contributed by atoms with Gasteiger partial charge in [0.15, 0.2) is 6.61 Å². The molecule has 0 fully saturated rings. The fourth-order valence-electron chi connectivity index (χ4n) is 2.66. The first-order valence-corrected chi connectivity index (χ1v) is 8.95. The van der Waals surface area contributed by atoms with E-state index < -0.39 is 0 Å². The van der Waals surface area contributed by atoms with Gasteiger partial charge in [0.2, 0.25) is 0 Å². The molecule has 3 aromatic carbocycles. The van der Waals surface area contributed by atoms with E-state index in [1.807, 2.05) is 84.9 Å². The van der Waals surface area contributed by atoms with Crippen molar-refractivity contribution in [1.29, 1.82) is 0 Å². The molecule has 0 N–H and O–H groups in total. The van der Waals surface area contributed by atoms with Gasteiger partial charge in [-0.25, -0.2) is 0 Å². The van der Waals surface area contributed by atoms with Crippen LogP contribution in [0, 0.1) is 0 Å². The van der Waals surface area contributed by atoms with Crippen LogP contribution in [0.4, 0.5) is 5.69 Å². The SMILES string of the molecule is COc1ccc(C=NOCC(=O)N(Cc2ccccc2)c2ccccc2)cc1.